The molecule has 4 nitrogen and oxygen atoms in total. The largest absolute Gasteiger partial charge is 0.359 e. The maximum atomic E-state index is 5.56. The smallest absolute Gasteiger partial charge is 0.171 e. The van der Waals surface area contributed by atoms with Crippen LogP contribution in [0.5, 0.6) is 0 Å². The number of anilines is 2. The van der Waals surface area contributed by atoms with Crippen molar-refractivity contribution in [3.05, 3.63) is 24.3 Å². The van der Waals surface area contributed by atoms with Gasteiger partial charge in [-0.25, -0.2) is 0 Å². The van der Waals surface area contributed by atoms with Crippen LogP contribution in [0.15, 0.2) is 24.3 Å². The van der Waals surface area contributed by atoms with Crippen molar-refractivity contribution in [1.82, 2.24) is 10.6 Å². The second-order valence-corrected chi connectivity index (χ2v) is 10.2. The van der Waals surface area contributed by atoms with E-state index < -0.39 is 0 Å². The van der Waals surface area contributed by atoms with Crippen LogP contribution in [0.1, 0.15) is 51.4 Å². The van der Waals surface area contributed by atoms with Crippen LogP contribution in [0.2, 0.25) is 0 Å². The molecule has 0 amide bonds. The zero-order chi connectivity index (χ0) is 19.1. The van der Waals surface area contributed by atoms with Gasteiger partial charge in [0.2, 0.25) is 0 Å². The van der Waals surface area contributed by atoms with E-state index in [1.165, 1.54) is 51.4 Å². The first kappa shape index (κ1) is 18.6. The van der Waals surface area contributed by atoms with Crippen LogP contribution in [0.25, 0.3) is 0 Å². The Labute approximate surface area is 178 Å². The first-order chi connectivity index (χ1) is 13.6. The van der Waals surface area contributed by atoms with Crippen molar-refractivity contribution < 1.29 is 0 Å². The maximum Gasteiger partial charge on any atom is 0.171 e. The first-order valence-electron chi connectivity index (χ1n) is 10.9. The summed E-state index contributed by atoms with van der Waals surface area (Å²) in [5.74, 6) is 3.46. The third-order valence-corrected chi connectivity index (χ3v) is 7.93. The molecule has 4 saturated carbocycles. The molecule has 6 atom stereocenters. The van der Waals surface area contributed by atoms with E-state index in [9.17, 15) is 0 Å². The summed E-state index contributed by atoms with van der Waals surface area (Å²) < 4.78 is 0. The Kier molecular flexibility index (Phi) is 5.18. The quantitative estimate of drug-likeness (QED) is 0.539. The van der Waals surface area contributed by atoms with Crippen LogP contribution >= 0.6 is 24.4 Å². The SMILES string of the molecule is S=C(Nc1cccc(NC(=S)N[C@@H]2C[C@H]3CC[C@H]2C3)c1)N[C@H]1C[C@H]2CC[C@H]1C2. The Balaban J connectivity index is 1.12. The summed E-state index contributed by atoms with van der Waals surface area (Å²) in [5, 5.41) is 15.3. The van der Waals surface area contributed by atoms with Crippen molar-refractivity contribution in [3.63, 3.8) is 0 Å². The van der Waals surface area contributed by atoms with E-state index >= 15 is 0 Å². The summed E-state index contributed by atoms with van der Waals surface area (Å²) in [7, 11) is 0. The van der Waals surface area contributed by atoms with Gasteiger partial charge >= 0.3 is 0 Å². The van der Waals surface area contributed by atoms with Gasteiger partial charge in [0, 0.05) is 23.5 Å². The molecule has 0 aromatic heterocycles. The lowest BCUT2D eigenvalue weighted by Crippen LogP contribution is -2.41. The molecule has 0 unspecified atom stereocenters. The number of hydrogen-bond acceptors (Lipinski definition) is 2. The number of fused-ring (bicyclic) bond motifs is 4. The van der Waals surface area contributed by atoms with Gasteiger partial charge in [0.05, 0.1) is 0 Å². The molecule has 0 heterocycles. The van der Waals surface area contributed by atoms with E-state index in [-0.39, 0.29) is 0 Å². The van der Waals surface area contributed by atoms with Gasteiger partial charge in [-0.05, 0) is 105 Å². The molecule has 4 fully saturated rings. The zero-order valence-corrected chi connectivity index (χ0v) is 17.9. The average molecular weight is 415 g/mol. The molecule has 0 spiro atoms. The van der Waals surface area contributed by atoms with Crippen LogP contribution in [-0.2, 0) is 0 Å². The summed E-state index contributed by atoms with van der Waals surface area (Å²) >= 11 is 11.1. The van der Waals surface area contributed by atoms with Crippen molar-refractivity contribution in [2.75, 3.05) is 10.6 Å². The predicted octanol–water partition coefficient (Wildman–Crippen LogP) is 4.64. The van der Waals surface area contributed by atoms with E-state index in [0.29, 0.717) is 12.1 Å². The minimum atomic E-state index is 0.554. The Morgan fingerprint density at radius 2 is 1.21 bits per heavy atom. The van der Waals surface area contributed by atoms with Crippen LogP contribution in [0.3, 0.4) is 0 Å². The zero-order valence-electron chi connectivity index (χ0n) is 16.2. The van der Waals surface area contributed by atoms with Crippen LogP contribution in [0.4, 0.5) is 11.4 Å². The second kappa shape index (κ2) is 7.79. The normalized spacial score (nSPS) is 35.0. The summed E-state index contributed by atoms with van der Waals surface area (Å²) in [5.41, 5.74) is 1.99. The van der Waals surface area contributed by atoms with Crippen molar-refractivity contribution >= 4 is 46.0 Å². The Morgan fingerprint density at radius 1 is 0.714 bits per heavy atom. The number of nitrogens with one attached hydrogen (secondary N) is 4. The van der Waals surface area contributed by atoms with Gasteiger partial charge < -0.3 is 21.3 Å². The highest BCUT2D eigenvalue weighted by molar-refractivity contribution is 7.80. The average Bonchev–Trinajstić information content (AvgIpc) is 3.43. The van der Waals surface area contributed by atoms with Gasteiger partial charge in [0.15, 0.2) is 10.2 Å². The van der Waals surface area contributed by atoms with Gasteiger partial charge in [-0.1, -0.05) is 18.9 Å². The fourth-order valence-electron chi connectivity index (χ4n) is 6.19. The molecule has 5 rings (SSSR count). The van der Waals surface area contributed by atoms with E-state index in [1.807, 2.05) is 18.2 Å². The van der Waals surface area contributed by atoms with Gasteiger partial charge in [0.25, 0.3) is 0 Å². The third-order valence-electron chi connectivity index (χ3n) is 7.49. The minimum absolute atomic E-state index is 0.554. The monoisotopic (exact) mass is 414 g/mol. The molecule has 0 saturated heterocycles. The summed E-state index contributed by atoms with van der Waals surface area (Å²) in [6, 6.07) is 9.31. The molecular formula is C22H30N4S2. The van der Waals surface area contributed by atoms with Crippen molar-refractivity contribution in [2.24, 2.45) is 23.7 Å². The highest BCUT2D eigenvalue weighted by atomic mass is 32.1. The molecule has 4 N–H and O–H groups in total. The maximum absolute atomic E-state index is 5.56. The van der Waals surface area contributed by atoms with Crippen LogP contribution < -0.4 is 21.3 Å². The number of hydrogen-bond donors (Lipinski definition) is 4. The van der Waals surface area contributed by atoms with E-state index in [2.05, 4.69) is 27.3 Å². The van der Waals surface area contributed by atoms with Crippen molar-refractivity contribution in [3.8, 4) is 0 Å². The molecular weight excluding hydrogens is 384 g/mol. The van der Waals surface area contributed by atoms with E-state index in [4.69, 9.17) is 24.4 Å². The van der Waals surface area contributed by atoms with Gasteiger partial charge in [0.1, 0.15) is 0 Å². The van der Waals surface area contributed by atoms with Crippen LogP contribution in [0, 0.1) is 23.7 Å². The summed E-state index contributed by atoms with van der Waals surface area (Å²) in [4.78, 5) is 0. The third kappa shape index (κ3) is 3.99. The minimum Gasteiger partial charge on any atom is -0.359 e. The predicted molar refractivity (Wildman–Crippen MR) is 124 cm³/mol. The fraction of sp³-hybridized carbons (Fsp3) is 0.636. The number of benzene rings is 1. The standard InChI is InChI=1S/C22H30N4S2/c27-21(25-19-10-13-4-6-15(19)8-13)23-17-2-1-3-18(12-17)24-22(28)26-20-11-14-5-7-16(20)9-14/h1-3,12-16,19-20H,4-11H2,(H2,23,25,27)(H2,24,26,28)/t13-,14-,15-,16-,19-,20+/m0/s1. The Morgan fingerprint density at radius 3 is 1.61 bits per heavy atom. The van der Waals surface area contributed by atoms with Crippen molar-refractivity contribution in [2.45, 2.75) is 63.5 Å². The van der Waals surface area contributed by atoms with Gasteiger partial charge in [-0.2, -0.15) is 0 Å². The molecule has 4 bridgehead atoms. The lowest BCUT2D eigenvalue weighted by molar-refractivity contribution is 0.392. The Hall–Kier alpha value is -1.40. The highest BCUT2D eigenvalue weighted by Crippen LogP contribution is 2.45. The highest BCUT2D eigenvalue weighted by Gasteiger charge is 2.40. The summed E-state index contributed by atoms with van der Waals surface area (Å²) in [6.45, 7) is 0. The fourth-order valence-corrected chi connectivity index (χ4v) is 6.73. The molecule has 6 heteroatoms. The molecule has 4 aliphatic carbocycles. The molecule has 0 radical (unpaired) electrons. The number of thiocarbonyl (C=S) groups is 2. The number of rotatable bonds is 4. The van der Waals surface area contributed by atoms with E-state index in [1.54, 1.807) is 0 Å². The van der Waals surface area contributed by atoms with Crippen LogP contribution in [-0.4, -0.2) is 22.3 Å². The van der Waals surface area contributed by atoms with Crippen molar-refractivity contribution in [1.29, 1.82) is 0 Å². The van der Waals surface area contributed by atoms with Gasteiger partial charge in [-0.15, -0.1) is 0 Å². The molecule has 4 aliphatic rings. The Bertz CT molecular complexity index is 707. The first-order valence-corrected chi connectivity index (χ1v) is 11.7. The lowest BCUT2D eigenvalue weighted by atomic mass is 9.95. The molecule has 0 aliphatic heterocycles. The van der Waals surface area contributed by atoms with Gasteiger partial charge in [-0.3, -0.25) is 0 Å². The lowest BCUT2D eigenvalue weighted by Gasteiger charge is -2.25. The topological polar surface area (TPSA) is 48.1 Å². The molecule has 1 aromatic rings. The second-order valence-electron chi connectivity index (χ2n) is 9.34. The summed E-state index contributed by atoms with van der Waals surface area (Å²) in [6.07, 6.45) is 10.8. The molecule has 28 heavy (non-hydrogen) atoms. The molecule has 150 valence electrons. The molecule has 1 aromatic carbocycles. The van der Waals surface area contributed by atoms with E-state index in [0.717, 1.165) is 45.3 Å².